The zero-order valence-electron chi connectivity index (χ0n) is 11.9. The Morgan fingerprint density at radius 2 is 1.76 bits per heavy atom. The molecule has 1 N–H and O–H groups in total. The maximum absolute atomic E-state index is 12.3. The van der Waals surface area contributed by atoms with E-state index in [0.29, 0.717) is 0 Å². The number of halogens is 3. The molecule has 0 aromatic carbocycles. The summed E-state index contributed by atoms with van der Waals surface area (Å²) in [5, 5.41) is 1.75. The molecule has 2 bridgehead atoms. The molecule has 1 saturated carbocycles. The summed E-state index contributed by atoms with van der Waals surface area (Å²) < 4.78 is 41.4. The topological polar surface area (TPSA) is 72.5 Å². The van der Waals surface area contributed by atoms with Crippen LogP contribution in [0.25, 0.3) is 0 Å². The quantitative estimate of drug-likeness (QED) is 0.621. The minimum atomic E-state index is -4.58. The fraction of sp³-hybridized carbons (Fsp3) is 0.769. The summed E-state index contributed by atoms with van der Waals surface area (Å²) in [6.07, 6.45) is -4.37. The van der Waals surface area contributed by atoms with E-state index in [9.17, 15) is 27.6 Å². The van der Waals surface area contributed by atoms with Crippen molar-refractivity contribution in [3.8, 4) is 0 Å². The van der Waals surface area contributed by atoms with Crippen LogP contribution in [-0.2, 0) is 19.1 Å². The van der Waals surface area contributed by atoms with E-state index < -0.39 is 46.8 Å². The van der Waals surface area contributed by atoms with Crippen LogP contribution in [0.15, 0.2) is 0 Å². The monoisotopic (exact) mass is 307 g/mol. The van der Waals surface area contributed by atoms with E-state index in [1.807, 2.05) is 0 Å². The molecule has 1 amide bonds. The van der Waals surface area contributed by atoms with Crippen molar-refractivity contribution in [2.45, 2.75) is 39.8 Å². The Balaban J connectivity index is 2.38. The minimum Gasteiger partial charge on any atom is -0.392 e. The van der Waals surface area contributed by atoms with Gasteiger partial charge in [-0.1, -0.05) is 13.8 Å². The third kappa shape index (κ3) is 1.87. The van der Waals surface area contributed by atoms with Gasteiger partial charge in [0, 0.05) is 5.41 Å². The molecule has 2 atom stereocenters. The van der Waals surface area contributed by atoms with Crippen molar-refractivity contribution in [3.63, 3.8) is 0 Å². The van der Waals surface area contributed by atoms with E-state index in [-0.39, 0.29) is 12.8 Å². The molecule has 0 spiro atoms. The van der Waals surface area contributed by atoms with Crippen molar-refractivity contribution >= 4 is 17.8 Å². The van der Waals surface area contributed by atoms with Crippen LogP contribution in [-0.4, -0.2) is 30.6 Å². The number of rotatable bonds is 2. The first-order valence-electron chi connectivity index (χ1n) is 6.50. The second-order valence-corrected chi connectivity index (χ2v) is 6.34. The van der Waals surface area contributed by atoms with E-state index in [1.165, 1.54) is 0 Å². The Bertz CT molecular complexity index is 528. The number of ether oxygens (including phenoxy) is 1. The first-order chi connectivity index (χ1) is 9.38. The lowest BCUT2D eigenvalue weighted by molar-refractivity contribution is -0.197. The van der Waals surface area contributed by atoms with Crippen LogP contribution in [0.4, 0.5) is 13.2 Å². The molecule has 2 aliphatic rings. The van der Waals surface area contributed by atoms with Crippen molar-refractivity contribution < 1.29 is 32.3 Å². The zero-order valence-corrected chi connectivity index (χ0v) is 11.9. The number of fused-ring (bicyclic) bond motifs is 2. The highest BCUT2D eigenvalue weighted by molar-refractivity contribution is 6.11. The van der Waals surface area contributed by atoms with Gasteiger partial charge in [-0.2, -0.15) is 13.2 Å². The molecule has 21 heavy (non-hydrogen) atoms. The molecule has 5 nitrogen and oxygen atoms in total. The number of carbonyl (C=O) groups excluding carboxylic acids is 3. The highest BCUT2D eigenvalue weighted by atomic mass is 19.4. The number of cyclic esters (lactones) is 2. The highest BCUT2D eigenvalue weighted by Crippen LogP contribution is 2.66. The molecule has 0 aromatic rings. The molecule has 0 radical (unpaired) electrons. The van der Waals surface area contributed by atoms with Crippen LogP contribution in [0, 0.1) is 16.2 Å². The molecule has 8 heteroatoms. The zero-order chi connectivity index (χ0) is 16.3. The van der Waals surface area contributed by atoms with Crippen molar-refractivity contribution in [1.29, 1.82) is 0 Å². The van der Waals surface area contributed by atoms with E-state index in [1.54, 1.807) is 26.1 Å². The first kappa shape index (κ1) is 15.8. The molecule has 1 aliphatic carbocycles. The third-order valence-electron chi connectivity index (χ3n) is 5.27. The number of carbonyl (C=O) groups is 3. The van der Waals surface area contributed by atoms with Gasteiger partial charge in [-0.3, -0.25) is 14.4 Å². The second kappa shape index (κ2) is 4.20. The molecule has 1 heterocycles. The van der Waals surface area contributed by atoms with Crippen molar-refractivity contribution in [3.05, 3.63) is 0 Å². The van der Waals surface area contributed by atoms with Crippen LogP contribution in [0.1, 0.15) is 33.6 Å². The molecule has 1 aliphatic heterocycles. The number of hydrogen-bond acceptors (Lipinski definition) is 4. The number of hydrogen-bond donors (Lipinski definition) is 1. The van der Waals surface area contributed by atoms with Gasteiger partial charge >= 0.3 is 18.1 Å². The molecule has 118 valence electrons. The van der Waals surface area contributed by atoms with Crippen LogP contribution in [0.3, 0.4) is 0 Å². The second-order valence-electron chi connectivity index (χ2n) is 6.34. The fourth-order valence-corrected chi connectivity index (χ4v) is 3.35. The van der Waals surface area contributed by atoms with Gasteiger partial charge in [0.05, 0.1) is 5.41 Å². The van der Waals surface area contributed by atoms with E-state index >= 15 is 0 Å². The fourth-order valence-electron chi connectivity index (χ4n) is 3.35. The number of amides is 1. The average Bonchev–Trinajstić information content (AvgIpc) is 2.48. The Morgan fingerprint density at radius 1 is 1.19 bits per heavy atom. The lowest BCUT2D eigenvalue weighted by Gasteiger charge is -2.48. The van der Waals surface area contributed by atoms with Gasteiger partial charge in [0.1, 0.15) is 6.54 Å². The van der Waals surface area contributed by atoms with Crippen molar-refractivity contribution in [2.24, 2.45) is 16.2 Å². The molecule has 2 rings (SSSR count). The Kier molecular flexibility index (Phi) is 3.16. The normalized spacial score (nSPS) is 34.6. The van der Waals surface area contributed by atoms with Gasteiger partial charge in [-0.25, -0.2) is 0 Å². The standard InChI is InChI=1S/C13H16F3NO4/c1-10(2)11(3)4-5-12(10,9(20)21-8(11)19)7(18)17-6-13(14,15)16/h4-6H2,1-3H3,(H,17,18)/t11-,12+/m0/s1. The van der Waals surface area contributed by atoms with E-state index in [2.05, 4.69) is 4.74 Å². The minimum absolute atomic E-state index is 0.00916. The summed E-state index contributed by atoms with van der Waals surface area (Å²) in [6, 6.07) is 0. The van der Waals surface area contributed by atoms with Gasteiger partial charge in [0.2, 0.25) is 5.91 Å². The van der Waals surface area contributed by atoms with Gasteiger partial charge in [0.25, 0.3) is 0 Å². The van der Waals surface area contributed by atoms with Crippen LogP contribution in [0.2, 0.25) is 0 Å². The maximum Gasteiger partial charge on any atom is 0.405 e. The molecule has 1 saturated heterocycles. The lowest BCUT2D eigenvalue weighted by Crippen LogP contribution is -2.62. The van der Waals surface area contributed by atoms with Gasteiger partial charge in [-0.15, -0.1) is 0 Å². The Hall–Kier alpha value is -1.60. The highest BCUT2D eigenvalue weighted by Gasteiger charge is 2.75. The number of nitrogens with one attached hydrogen (secondary N) is 1. The van der Waals surface area contributed by atoms with Crippen molar-refractivity contribution in [2.75, 3.05) is 6.54 Å². The Morgan fingerprint density at radius 3 is 2.29 bits per heavy atom. The van der Waals surface area contributed by atoms with Gasteiger partial charge in [-0.05, 0) is 19.8 Å². The Labute approximate surface area is 119 Å². The van der Waals surface area contributed by atoms with Crippen LogP contribution < -0.4 is 5.32 Å². The van der Waals surface area contributed by atoms with Crippen LogP contribution in [0.5, 0.6) is 0 Å². The molecule has 0 aromatic heterocycles. The van der Waals surface area contributed by atoms with Gasteiger partial charge < -0.3 is 10.1 Å². The molecule has 2 fully saturated rings. The summed E-state index contributed by atoms with van der Waals surface area (Å²) in [4.78, 5) is 36.3. The lowest BCUT2D eigenvalue weighted by atomic mass is 9.57. The molecular formula is C13H16F3NO4. The third-order valence-corrected chi connectivity index (χ3v) is 5.27. The summed E-state index contributed by atoms with van der Waals surface area (Å²) >= 11 is 0. The predicted octanol–water partition coefficient (Wildman–Crippen LogP) is 1.56. The maximum atomic E-state index is 12.3. The first-order valence-corrected chi connectivity index (χ1v) is 6.50. The smallest absolute Gasteiger partial charge is 0.392 e. The number of esters is 2. The predicted molar refractivity (Wildman–Crippen MR) is 63.7 cm³/mol. The van der Waals surface area contributed by atoms with E-state index in [4.69, 9.17) is 0 Å². The van der Waals surface area contributed by atoms with Gasteiger partial charge in [0.15, 0.2) is 5.41 Å². The van der Waals surface area contributed by atoms with E-state index in [0.717, 1.165) is 0 Å². The summed E-state index contributed by atoms with van der Waals surface area (Å²) in [6.45, 7) is 3.14. The summed E-state index contributed by atoms with van der Waals surface area (Å²) in [5.41, 5.74) is -3.96. The average molecular weight is 307 g/mol. The summed E-state index contributed by atoms with van der Waals surface area (Å²) in [7, 11) is 0. The number of alkyl halides is 3. The summed E-state index contributed by atoms with van der Waals surface area (Å²) in [5.74, 6) is -2.83. The van der Waals surface area contributed by atoms with Crippen molar-refractivity contribution in [1.82, 2.24) is 5.32 Å². The molecular weight excluding hydrogens is 291 g/mol. The molecule has 0 unspecified atom stereocenters. The van der Waals surface area contributed by atoms with Crippen LogP contribution >= 0.6 is 0 Å². The SMILES string of the molecule is CC1(C)[C@@]2(C(=O)NCC(F)(F)F)CC[C@@]1(C)C(=O)OC2=O. The largest absolute Gasteiger partial charge is 0.405 e.